The Kier molecular flexibility index (Phi) is 3.24. The van der Waals surface area contributed by atoms with Crippen molar-refractivity contribution in [3.05, 3.63) is 58.6 Å². The van der Waals surface area contributed by atoms with Gasteiger partial charge in [0.05, 0.1) is 5.02 Å². The van der Waals surface area contributed by atoms with E-state index in [0.29, 0.717) is 16.0 Å². The van der Waals surface area contributed by atoms with Crippen LogP contribution in [0.2, 0.25) is 10.2 Å². The van der Waals surface area contributed by atoms with Crippen LogP contribution in [0, 0.1) is 5.82 Å². The molecule has 3 aromatic rings. The minimum Gasteiger partial charge on any atom is -0.508 e. The predicted octanol–water partition coefficient (Wildman–Crippen LogP) is 5.05. The maximum Gasteiger partial charge on any atom is 0.137 e. The molecule has 100 valence electrons. The van der Waals surface area contributed by atoms with Crippen LogP contribution in [0.25, 0.3) is 21.9 Å². The number of halogens is 3. The normalized spacial score (nSPS) is 10.9. The van der Waals surface area contributed by atoms with Gasteiger partial charge in [-0.3, -0.25) is 0 Å². The van der Waals surface area contributed by atoms with E-state index in [1.165, 1.54) is 18.2 Å². The number of nitrogens with zero attached hydrogens (tertiary/aromatic N) is 1. The Balaban J connectivity index is 2.34. The molecular weight excluding hydrogens is 300 g/mol. The largest absolute Gasteiger partial charge is 0.508 e. The van der Waals surface area contributed by atoms with Gasteiger partial charge in [-0.2, -0.15) is 0 Å². The Bertz CT molecular complexity index is 820. The molecular formula is C15H8Cl2FNO. The summed E-state index contributed by atoms with van der Waals surface area (Å²) >= 11 is 12.1. The van der Waals surface area contributed by atoms with Crippen molar-refractivity contribution in [1.29, 1.82) is 0 Å². The van der Waals surface area contributed by atoms with Gasteiger partial charge in [0.2, 0.25) is 0 Å². The number of fused-ring (bicyclic) bond motifs is 1. The van der Waals surface area contributed by atoms with Gasteiger partial charge in [0.25, 0.3) is 0 Å². The minimum atomic E-state index is -0.400. The van der Waals surface area contributed by atoms with Crippen molar-refractivity contribution < 1.29 is 9.50 Å². The van der Waals surface area contributed by atoms with Crippen LogP contribution in [0.1, 0.15) is 0 Å². The fraction of sp³-hybridized carbons (Fsp3) is 0. The monoisotopic (exact) mass is 307 g/mol. The Morgan fingerprint density at radius 3 is 2.50 bits per heavy atom. The fourth-order valence-electron chi connectivity index (χ4n) is 2.12. The van der Waals surface area contributed by atoms with Gasteiger partial charge in [0.15, 0.2) is 0 Å². The Hall–Kier alpha value is -1.84. The maximum atomic E-state index is 13.1. The smallest absolute Gasteiger partial charge is 0.137 e. The highest BCUT2D eigenvalue weighted by Crippen LogP contribution is 2.36. The molecule has 0 atom stereocenters. The van der Waals surface area contributed by atoms with Crippen LogP contribution in [-0.4, -0.2) is 10.1 Å². The molecule has 1 heterocycles. The minimum absolute atomic E-state index is 0.101. The van der Waals surface area contributed by atoms with E-state index in [0.717, 1.165) is 10.9 Å². The fourth-order valence-corrected chi connectivity index (χ4v) is 2.59. The van der Waals surface area contributed by atoms with Gasteiger partial charge in [0.1, 0.15) is 16.7 Å². The van der Waals surface area contributed by atoms with Gasteiger partial charge in [0, 0.05) is 22.7 Å². The first-order chi connectivity index (χ1) is 9.56. The van der Waals surface area contributed by atoms with Crippen LogP contribution in [0.15, 0.2) is 42.6 Å². The van der Waals surface area contributed by atoms with Gasteiger partial charge < -0.3 is 5.11 Å². The predicted molar refractivity (Wildman–Crippen MR) is 78.8 cm³/mol. The van der Waals surface area contributed by atoms with Crippen molar-refractivity contribution in [2.45, 2.75) is 0 Å². The lowest BCUT2D eigenvalue weighted by molar-refractivity contribution is 0.476. The SMILES string of the molecule is Oc1ccc2c(-c3ccc(F)cc3Cl)cnc(Cl)c2c1. The molecule has 0 saturated carbocycles. The highest BCUT2D eigenvalue weighted by molar-refractivity contribution is 6.36. The molecule has 0 aliphatic heterocycles. The van der Waals surface area contributed by atoms with Crippen LogP contribution >= 0.6 is 23.2 Å². The second kappa shape index (κ2) is 4.93. The van der Waals surface area contributed by atoms with Gasteiger partial charge in [-0.05, 0) is 41.8 Å². The van der Waals surface area contributed by atoms with E-state index in [2.05, 4.69) is 4.98 Å². The van der Waals surface area contributed by atoms with E-state index in [9.17, 15) is 9.50 Å². The van der Waals surface area contributed by atoms with Gasteiger partial charge in [-0.15, -0.1) is 0 Å². The van der Waals surface area contributed by atoms with Crippen molar-refractivity contribution in [2.24, 2.45) is 0 Å². The Morgan fingerprint density at radius 1 is 0.950 bits per heavy atom. The Labute approximate surface area is 124 Å². The summed E-state index contributed by atoms with van der Waals surface area (Å²) in [6, 6.07) is 8.99. The van der Waals surface area contributed by atoms with E-state index in [1.54, 1.807) is 24.4 Å². The molecule has 1 aromatic heterocycles. The zero-order chi connectivity index (χ0) is 14.3. The highest BCUT2D eigenvalue weighted by atomic mass is 35.5. The van der Waals surface area contributed by atoms with Crippen molar-refractivity contribution in [1.82, 2.24) is 4.98 Å². The number of phenolic OH excluding ortho intramolecular Hbond substituents is 1. The lowest BCUT2D eigenvalue weighted by Gasteiger charge is -2.09. The number of phenols is 1. The van der Waals surface area contributed by atoms with Crippen LogP contribution in [0.3, 0.4) is 0 Å². The molecule has 0 aliphatic rings. The van der Waals surface area contributed by atoms with E-state index in [-0.39, 0.29) is 10.9 Å². The number of rotatable bonds is 1. The van der Waals surface area contributed by atoms with E-state index in [1.807, 2.05) is 0 Å². The molecule has 0 saturated heterocycles. The molecule has 1 N–H and O–H groups in total. The van der Waals surface area contributed by atoms with Crippen LogP contribution < -0.4 is 0 Å². The summed E-state index contributed by atoms with van der Waals surface area (Å²) < 4.78 is 13.1. The summed E-state index contributed by atoms with van der Waals surface area (Å²) in [5.74, 6) is -0.300. The topological polar surface area (TPSA) is 33.1 Å². The van der Waals surface area contributed by atoms with Crippen LogP contribution in [0.5, 0.6) is 5.75 Å². The van der Waals surface area contributed by atoms with Crippen molar-refractivity contribution in [3.8, 4) is 16.9 Å². The summed E-state index contributed by atoms with van der Waals surface area (Å²) in [5, 5.41) is 11.5. The summed E-state index contributed by atoms with van der Waals surface area (Å²) in [5.41, 5.74) is 1.39. The molecule has 0 amide bonds. The molecule has 5 heteroatoms. The lowest BCUT2D eigenvalue weighted by atomic mass is 10.0. The highest BCUT2D eigenvalue weighted by Gasteiger charge is 2.12. The molecule has 0 bridgehead atoms. The zero-order valence-electron chi connectivity index (χ0n) is 10.1. The third-order valence-corrected chi connectivity index (χ3v) is 3.66. The quantitative estimate of drug-likeness (QED) is 0.638. The number of aromatic nitrogens is 1. The average Bonchev–Trinajstić information content (AvgIpc) is 2.41. The number of aromatic hydroxyl groups is 1. The zero-order valence-corrected chi connectivity index (χ0v) is 11.6. The number of benzene rings is 2. The Morgan fingerprint density at radius 2 is 1.75 bits per heavy atom. The third kappa shape index (κ3) is 2.19. The standard InChI is InChI=1S/C15H8Cl2FNO/c16-14-5-8(18)1-3-11(14)13-7-19-15(17)12-6-9(20)2-4-10(12)13/h1-7,20H. The maximum absolute atomic E-state index is 13.1. The number of pyridine rings is 1. The first-order valence-electron chi connectivity index (χ1n) is 5.79. The second-order valence-electron chi connectivity index (χ2n) is 4.32. The molecule has 0 unspecified atom stereocenters. The van der Waals surface area contributed by atoms with E-state index >= 15 is 0 Å². The van der Waals surface area contributed by atoms with Crippen LogP contribution in [0.4, 0.5) is 4.39 Å². The second-order valence-corrected chi connectivity index (χ2v) is 5.08. The summed E-state index contributed by atoms with van der Waals surface area (Å²) in [6.45, 7) is 0. The summed E-state index contributed by atoms with van der Waals surface area (Å²) in [7, 11) is 0. The first kappa shape index (κ1) is 13.2. The molecule has 2 aromatic carbocycles. The van der Waals surface area contributed by atoms with Crippen molar-refractivity contribution in [2.75, 3.05) is 0 Å². The molecule has 20 heavy (non-hydrogen) atoms. The van der Waals surface area contributed by atoms with Crippen LogP contribution in [-0.2, 0) is 0 Å². The first-order valence-corrected chi connectivity index (χ1v) is 6.54. The molecule has 0 aliphatic carbocycles. The van der Waals surface area contributed by atoms with Crippen molar-refractivity contribution >= 4 is 34.0 Å². The van der Waals surface area contributed by atoms with Crippen molar-refractivity contribution in [3.63, 3.8) is 0 Å². The molecule has 3 rings (SSSR count). The molecule has 0 fully saturated rings. The van der Waals surface area contributed by atoms with Gasteiger partial charge in [-0.25, -0.2) is 9.37 Å². The summed E-state index contributed by atoms with van der Waals surface area (Å²) in [6.07, 6.45) is 1.58. The molecule has 2 nitrogen and oxygen atoms in total. The average molecular weight is 308 g/mol. The molecule has 0 radical (unpaired) electrons. The summed E-state index contributed by atoms with van der Waals surface area (Å²) in [4.78, 5) is 4.09. The number of hydrogen-bond acceptors (Lipinski definition) is 2. The molecule has 0 spiro atoms. The third-order valence-electron chi connectivity index (χ3n) is 3.04. The van der Waals surface area contributed by atoms with E-state index in [4.69, 9.17) is 23.2 Å². The number of hydrogen-bond donors (Lipinski definition) is 1. The van der Waals surface area contributed by atoms with E-state index < -0.39 is 5.82 Å². The van der Waals surface area contributed by atoms with Gasteiger partial charge >= 0.3 is 0 Å². The lowest BCUT2D eigenvalue weighted by Crippen LogP contribution is -1.88. The van der Waals surface area contributed by atoms with Gasteiger partial charge in [-0.1, -0.05) is 23.2 Å².